The molecule has 2 aromatic carbocycles. The van der Waals surface area contributed by atoms with Crippen LogP contribution in [0.5, 0.6) is 0 Å². The van der Waals surface area contributed by atoms with E-state index in [-0.39, 0.29) is 5.91 Å². The molecular weight excluding hydrogens is 378 g/mol. The first kappa shape index (κ1) is 20.8. The maximum atomic E-state index is 12.0. The number of nitrogens with two attached hydrogens (primary N) is 1. The molecule has 3 rings (SSSR count). The van der Waals surface area contributed by atoms with Gasteiger partial charge in [-0.05, 0) is 50.5 Å². The summed E-state index contributed by atoms with van der Waals surface area (Å²) >= 11 is 0. The van der Waals surface area contributed by atoms with Crippen molar-refractivity contribution in [3.63, 3.8) is 0 Å². The van der Waals surface area contributed by atoms with Crippen molar-refractivity contribution in [3.8, 4) is 0 Å². The molecule has 0 fully saturated rings. The fourth-order valence-electron chi connectivity index (χ4n) is 2.64. The monoisotopic (exact) mass is 403 g/mol. The van der Waals surface area contributed by atoms with Gasteiger partial charge in [-0.25, -0.2) is 9.97 Å². The highest BCUT2D eigenvalue weighted by molar-refractivity contribution is 5.99. The fraction of sp³-hybridized carbons (Fsp3) is 0.136. The normalized spacial score (nSPS) is 10.9. The molecule has 154 valence electrons. The van der Waals surface area contributed by atoms with Gasteiger partial charge in [0.15, 0.2) is 0 Å². The Balaban J connectivity index is 1.64. The van der Waals surface area contributed by atoms with Crippen molar-refractivity contribution in [2.45, 2.75) is 0 Å². The van der Waals surface area contributed by atoms with E-state index < -0.39 is 0 Å². The number of nitrogen functional groups attached to an aromatic ring is 1. The molecule has 0 saturated carbocycles. The Bertz CT molecular complexity index is 1030. The third-order valence-electron chi connectivity index (χ3n) is 3.97. The van der Waals surface area contributed by atoms with Gasteiger partial charge in [-0.2, -0.15) is 0 Å². The maximum Gasteiger partial charge on any atom is 0.248 e. The molecule has 1 aromatic heterocycles. The number of hydrogen-bond donors (Lipinski definition) is 4. The topological polar surface area (TPSA) is 108 Å². The average Bonchev–Trinajstić information content (AvgIpc) is 2.68. The Morgan fingerprint density at radius 1 is 0.967 bits per heavy atom. The quantitative estimate of drug-likeness (QED) is 0.336. The summed E-state index contributed by atoms with van der Waals surface area (Å²) in [6.07, 6.45) is 4.81. The van der Waals surface area contributed by atoms with E-state index in [4.69, 9.17) is 5.73 Å². The lowest BCUT2D eigenvalue weighted by molar-refractivity contribution is -0.111. The summed E-state index contributed by atoms with van der Waals surface area (Å²) in [6.45, 7) is 0.703. The molecule has 0 aliphatic heterocycles. The van der Waals surface area contributed by atoms with Crippen LogP contribution in [0.1, 0.15) is 0 Å². The molecule has 3 aromatic rings. The van der Waals surface area contributed by atoms with Crippen molar-refractivity contribution in [2.75, 3.05) is 42.3 Å². The van der Waals surface area contributed by atoms with Gasteiger partial charge in [-0.15, -0.1) is 0 Å². The number of benzene rings is 2. The van der Waals surface area contributed by atoms with E-state index in [9.17, 15) is 4.79 Å². The Morgan fingerprint density at radius 2 is 1.60 bits per heavy atom. The Kier molecular flexibility index (Phi) is 6.96. The fourth-order valence-corrected chi connectivity index (χ4v) is 2.64. The van der Waals surface area contributed by atoms with Crippen molar-refractivity contribution < 1.29 is 4.79 Å². The lowest BCUT2D eigenvalue weighted by Crippen LogP contribution is -2.12. The molecular formula is C22H25N7O. The SMILES string of the molecule is CN(C)C/C=C/C(=O)Nc1cccc(Nc2cc(Nc3cccc(N)c3)ncn2)c1. The van der Waals surface area contributed by atoms with Crippen LogP contribution in [-0.4, -0.2) is 41.4 Å². The first-order valence-corrected chi connectivity index (χ1v) is 9.42. The summed E-state index contributed by atoms with van der Waals surface area (Å²) in [5.41, 5.74) is 8.80. The highest BCUT2D eigenvalue weighted by Gasteiger charge is 2.03. The zero-order valence-corrected chi connectivity index (χ0v) is 17.0. The van der Waals surface area contributed by atoms with Crippen molar-refractivity contribution in [2.24, 2.45) is 0 Å². The van der Waals surface area contributed by atoms with E-state index in [1.54, 1.807) is 6.07 Å². The molecule has 0 aliphatic carbocycles. The van der Waals surface area contributed by atoms with E-state index in [0.29, 0.717) is 29.6 Å². The summed E-state index contributed by atoms with van der Waals surface area (Å²) in [6, 6.07) is 16.6. The van der Waals surface area contributed by atoms with Gasteiger partial charge in [0, 0.05) is 41.4 Å². The lowest BCUT2D eigenvalue weighted by Gasteiger charge is -2.10. The number of rotatable bonds is 8. The van der Waals surface area contributed by atoms with E-state index in [2.05, 4.69) is 25.9 Å². The number of nitrogens with one attached hydrogen (secondary N) is 3. The standard InChI is InChI=1S/C22H25N7O/c1-29(2)11-5-10-22(30)28-19-9-4-8-18(13-19)27-21-14-20(24-15-25-21)26-17-7-3-6-16(23)12-17/h3-10,12-15H,11,23H2,1-2H3,(H,28,30)(H2,24,25,26,27)/b10-5+. The van der Waals surface area contributed by atoms with Crippen LogP contribution in [0.4, 0.5) is 34.4 Å². The summed E-state index contributed by atoms with van der Waals surface area (Å²) in [7, 11) is 3.89. The van der Waals surface area contributed by atoms with Crippen LogP contribution >= 0.6 is 0 Å². The number of likely N-dealkylation sites (N-methyl/N-ethyl adjacent to an activating group) is 1. The van der Waals surface area contributed by atoms with Gasteiger partial charge in [0.2, 0.25) is 5.91 Å². The summed E-state index contributed by atoms with van der Waals surface area (Å²) in [5, 5.41) is 9.27. The number of aromatic nitrogens is 2. The average molecular weight is 403 g/mol. The van der Waals surface area contributed by atoms with Gasteiger partial charge in [-0.3, -0.25) is 4.79 Å². The van der Waals surface area contributed by atoms with E-state index in [0.717, 1.165) is 11.4 Å². The first-order valence-electron chi connectivity index (χ1n) is 9.42. The Hall–Kier alpha value is -3.91. The minimum absolute atomic E-state index is 0.176. The second kappa shape index (κ2) is 10.0. The molecule has 1 heterocycles. The summed E-state index contributed by atoms with van der Waals surface area (Å²) in [4.78, 5) is 22.5. The lowest BCUT2D eigenvalue weighted by atomic mass is 10.2. The van der Waals surface area contributed by atoms with Crippen LogP contribution in [0.25, 0.3) is 0 Å². The predicted octanol–water partition coefficient (Wildman–Crippen LogP) is 3.60. The molecule has 0 spiro atoms. The molecule has 5 N–H and O–H groups in total. The number of nitrogens with zero attached hydrogens (tertiary/aromatic N) is 3. The predicted molar refractivity (Wildman–Crippen MR) is 122 cm³/mol. The molecule has 0 atom stereocenters. The van der Waals surface area contributed by atoms with Gasteiger partial charge < -0.3 is 26.6 Å². The second-order valence-corrected chi connectivity index (χ2v) is 6.90. The van der Waals surface area contributed by atoms with Gasteiger partial charge in [0.25, 0.3) is 0 Å². The molecule has 1 amide bonds. The van der Waals surface area contributed by atoms with Gasteiger partial charge in [-0.1, -0.05) is 18.2 Å². The van der Waals surface area contributed by atoms with Gasteiger partial charge in [0.05, 0.1) is 0 Å². The molecule has 0 aliphatic rings. The minimum Gasteiger partial charge on any atom is -0.399 e. The zero-order valence-electron chi connectivity index (χ0n) is 17.0. The smallest absolute Gasteiger partial charge is 0.248 e. The zero-order chi connectivity index (χ0) is 21.3. The molecule has 8 nitrogen and oxygen atoms in total. The van der Waals surface area contributed by atoms with Gasteiger partial charge >= 0.3 is 0 Å². The summed E-state index contributed by atoms with van der Waals surface area (Å²) in [5.74, 6) is 1.07. The molecule has 0 saturated heterocycles. The van der Waals surface area contributed by atoms with Crippen molar-refractivity contribution in [1.82, 2.24) is 14.9 Å². The van der Waals surface area contributed by atoms with Crippen molar-refractivity contribution in [1.29, 1.82) is 0 Å². The molecule has 0 bridgehead atoms. The molecule has 0 unspecified atom stereocenters. The van der Waals surface area contributed by atoms with E-state index in [1.807, 2.05) is 73.6 Å². The van der Waals surface area contributed by atoms with Crippen LogP contribution < -0.4 is 21.7 Å². The Morgan fingerprint density at radius 3 is 2.27 bits per heavy atom. The Labute approximate surface area is 175 Å². The highest BCUT2D eigenvalue weighted by atomic mass is 16.1. The molecule has 30 heavy (non-hydrogen) atoms. The van der Waals surface area contributed by atoms with Crippen molar-refractivity contribution >= 4 is 40.3 Å². The van der Waals surface area contributed by atoms with Gasteiger partial charge in [0.1, 0.15) is 18.0 Å². The van der Waals surface area contributed by atoms with Crippen LogP contribution in [-0.2, 0) is 4.79 Å². The maximum absolute atomic E-state index is 12.0. The van der Waals surface area contributed by atoms with Crippen LogP contribution in [0.2, 0.25) is 0 Å². The number of carbonyl (C=O) groups is 1. The highest BCUT2D eigenvalue weighted by Crippen LogP contribution is 2.22. The molecule has 0 radical (unpaired) electrons. The minimum atomic E-state index is -0.176. The number of carbonyl (C=O) groups excluding carboxylic acids is 1. The van der Waals surface area contributed by atoms with Crippen molar-refractivity contribution in [3.05, 3.63) is 73.1 Å². The number of hydrogen-bond acceptors (Lipinski definition) is 7. The number of anilines is 6. The second-order valence-electron chi connectivity index (χ2n) is 6.90. The number of amides is 1. The van der Waals surface area contributed by atoms with Crippen LogP contribution in [0.15, 0.2) is 73.1 Å². The van der Waals surface area contributed by atoms with Crippen LogP contribution in [0.3, 0.4) is 0 Å². The summed E-state index contributed by atoms with van der Waals surface area (Å²) < 4.78 is 0. The largest absolute Gasteiger partial charge is 0.399 e. The first-order chi connectivity index (χ1) is 14.5. The van der Waals surface area contributed by atoms with E-state index >= 15 is 0 Å². The molecule has 8 heteroatoms. The van der Waals surface area contributed by atoms with Crippen LogP contribution in [0, 0.1) is 0 Å². The van der Waals surface area contributed by atoms with E-state index in [1.165, 1.54) is 12.4 Å². The third kappa shape index (κ3) is 6.61. The third-order valence-corrected chi connectivity index (χ3v) is 3.97.